The van der Waals surface area contributed by atoms with Gasteiger partial charge in [0.25, 0.3) is 0 Å². The molecule has 202 valence electrons. The van der Waals surface area contributed by atoms with E-state index in [-0.39, 0.29) is 29.5 Å². The first kappa shape index (κ1) is 24.7. The molecule has 0 bridgehead atoms. The molecule has 3 saturated carbocycles. The maximum Gasteiger partial charge on any atom is 0.229 e. The number of aliphatic hydroxyl groups is 2. The largest absolute Gasteiger partial charge is 0.389 e. The molecule has 0 aliphatic heterocycles. The van der Waals surface area contributed by atoms with Crippen molar-refractivity contribution >= 4 is 22.9 Å². The van der Waals surface area contributed by atoms with Crippen LogP contribution < -0.4 is 10.6 Å². The van der Waals surface area contributed by atoms with Gasteiger partial charge in [-0.1, -0.05) is 42.3 Å². The topological polar surface area (TPSA) is 125 Å². The minimum Gasteiger partial charge on any atom is -0.389 e. The molecule has 2 heterocycles. The molecule has 0 radical (unpaired) electrons. The summed E-state index contributed by atoms with van der Waals surface area (Å²) < 4.78 is 15.4. The minimum absolute atomic E-state index is 0.151. The summed E-state index contributed by atoms with van der Waals surface area (Å²) >= 11 is 0. The molecule has 9 nitrogen and oxygen atoms in total. The Labute approximate surface area is 229 Å². The van der Waals surface area contributed by atoms with Gasteiger partial charge in [0.1, 0.15) is 11.9 Å². The van der Waals surface area contributed by atoms with Crippen molar-refractivity contribution in [2.75, 3.05) is 12.4 Å². The van der Waals surface area contributed by atoms with E-state index in [1.807, 2.05) is 18.2 Å². The second kappa shape index (κ2) is 9.11. The summed E-state index contributed by atoms with van der Waals surface area (Å²) in [4.78, 5) is 26.6. The third-order valence-electron chi connectivity index (χ3n) is 8.55. The normalized spacial score (nSPS) is 29.8. The molecule has 0 saturated heterocycles. The molecule has 3 aliphatic rings. The standard InChI is InChI=1S/C30H27FN6O3/c1-32-29(40)30-14-20(30)24(25(38)26(30)39)37-15-33-23-27(34-21-13-19(21)17-7-3-2-4-8-17)35-22(36-28(23)37)11-10-16-6-5-9-18(31)12-16/h2-9,12,15,19-21,24-26,38-39H,13-14H2,1H3,(H,32,40)(H,34,35,36)/t19?,20?,21-,24-,25+,26+,30?/m1/s1. The molecule has 2 aromatic carbocycles. The van der Waals surface area contributed by atoms with E-state index in [2.05, 4.69) is 49.6 Å². The van der Waals surface area contributed by atoms with Crippen LogP contribution in [0.25, 0.3) is 11.2 Å². The first-order valence-corrected chi connectivity index (χ1v) is 13.3. The number of amides is 1. The Bertz CT molecular complexity index is 1700. The number of nitrogens with zero attached hydrogens (tertiary/aromatic N) is 4. The Morgan fingerprint density at radius 1 is 1.12 bits per heavy atom. The van der Waals surface area contributed by atoms with Gasteiger partial charge in [-0.3, -0.25) is 4.79 Å². The van der Waals surface area contributed by atoms with Gasteiger partial charge in [0, 0.05) is 30.5 Å². The zero-order valence-electron chi connectivity index (χ0n) is 21.6. The van der Waals surface area contributed by atoms with Crippen molar-refractivity contribution in [3.8, 4) is 11.8 Å². The number of aromatic nitrogens is 4. The third kappa shape index (κ3) is 3.85. The number of halogens is 1. The number of carbonyl (C=O) groups excluding carboxylic acids is 1. The van der Waals surface area contributed by atoms with Crippen LogP contribution in [-0.2, 0) is 4.79 Å². The van der Waals surface area contributed by atoms with Crippen LogP contribution in [0.3, 0.4) is 0 Å². The van der Waals surface area contributed by atoms with Gasteiger partial charge in [-0.2, -0.15) is 0 Å². The van der Waals surface area contributed by atoms with E-state index in [9.17, 15) is 19.4 Å². The molecular weight excluding hydrogens is 511 g/mol. The fourth-order valence-corrected chi connectivity index (χ4v) is 6.37. The molecule has 4 N–H and O–H groups in total. The summed E-state index contributed by atoms with van der Waals surface area (Å²) in [6.45, 7) is 0. The molecule has 3 fully saturated rings. The smallest absolute Gasteiger partial charge is 0.229 e. The second-order valence-corrected chi connectivity index (χ2v) is 10.8. The highest BCUT2D eigenvalue weighted by Crippen LogP contribution is 2.67. The van der Waals surface area contributed by atoms with Crippen molar-refractivity contribution in [3.05, 3.63) is 83.7 Å². The lowest BCUT2D eigenvalue weighted by Crippen LogP contribution is -2.41. The highest BCUT2D eigenvalue weighted by atomic mass is 19.1. The Kier molecular flexibility index (Phi) is 5.63. The fraction of sp³-hybridized carbons (Fsp3) is 0.333. The van der Waals surface area contributed by atoms with Gasteiger partial charge in [0.05, 0.1) is 23.9 Å². The van der Waals surface area contributed by atoms with E-state index in [1.54, 1.807) is 23.0 Å². The Morgan fingerprint density at radius 2 is 1.95 bits per heavy atom. The monoisotopic (exact) mass is 538 g/mol. The minimum atomic E-state index is -1.20. The molecule has 7 atom stereocenters. The maximum atomic E-state index is 13.7. The molecule has 4 aromatic rings. The molecule has 40 heavy (non-hydrogen) atoms. The average molecular weight is 539 g/mol. The molecule has 0 spiro atoms. The van der Waals surface area contributed by atoms with E-state index < -0.39 is 23.7 Å². The molecule has 7 rings (SSSR count). The predicted octanol–water partition coefficient (Wildman–Crippen LogP) is 2.36. The van der Waals surface area contributed by atoms with E-state index in [0.29, 0.717) is 34.9 Å². The third-order valence-corrected chi connectivity index (χ3v) is 8.55. The van der Waals surface area contributed by atoms with Crippen LogP contribution in [0.1, 0.15) is 41.8 Å². The van der Waals surface area contributed by atoms with E-state index in [1.165, 1.54) is 24.7 Å². The number of fused-ring (bicyclic) bond motifs is 2. The molecule has 3 unspecified atom stereocenters. The fourth-order valence-electron chi connectivity index (χ4n) is 6.37. The summed E-state index contributed by atoms with van der Waals surface area (Å²) in [5, 5.41) is 28.0. The van der Waals surface area contributed by atoms with Gasteiger partial charge in [0.2, 0.25) is 11.7 Å². The van der Waals surface area contributed by atoms with Crippen LogP contribution in [0.5, 0.6) is 0 Å². The van der Waals surface area contributed by atoms with Crippen LogP contribution in [0.2, 0.25) is 0 Å². The lowest BCUT2D eigenvalue weighted by Gasteiger charge is -2.23. The lowest BCUT2D eigenvalue weighted by molar-refractivity contribution is -0.132. The molecule has 10 heteroatoms. The second-order valence-electron chi connectivity index (χ2n) is 10.8. The highest BCUT2D eigenvalue weighted by molar-refractivity contribution is 5.88. The summed E-state index contributed by atoms with van der Waals surface area (Å²) in [5.74, 6) is 5.99. The van der Waals surface area contributed by atoms with Crippen LogP contribution >= 0.6 is 0 Å². The van der Waals surface area contributed by atoms with Crippen molar-refractivity contribution in [2.24, 2.45) is 11.3 Å². The summed E-state index contributed by atoms with van der Waals surface area (Å²) in [7, 11) is 1.53. The van der Waals surface area contributed by atoms with E-state index >= 15 is 0 Å². The summed E-state index contributed by atoms with van der Waals surface area (Å²) in [5.41, 5.74) is 1.65. The van der Waals surface area contributed by atoms with Crippen molar-refractivity contribution in [1.29, 1.82) is 0 Å². The predicted molar refractivity (Wildman–Crippen MR) is 145 cm³/mol. The van der Waals surface area contributed by atoms with E-state index in [0.717, 1.165) is 6.42 Å². The number of hydrogen-bond donors (Lipinski definition) is 4. The molecule has 1 amide bonds. The molecular formula is C30H27FN6O3. The number of nitrogens with one attached hydrogen (secondary N) is 2. The number of hydrogen-bond acceptors (Lipinski definition) is 7. The van der Waals surface area contributed by atoms with Crippen molar-refractivity contribution in [1.82, 2.24) is 24.8 Å². The zero-order valence-corrected chi connectivity index (χ0v) is 21.6. The average Bonchev–Trinajstić information content (AvgIpc) is 3.85. The first-order valence-electron chi connectivity index (χ1n) is 13.3. The van der Waals surface area contributed by atoms with Crippen LogP contribution in [0.4, 0.5) is 10.2 Å². The number of rotatable bonds is 5. The Hall–Kier alpha value is -4.33. The number of benzene rings is 2. The number of anilines is 1. The molecule has 2 aromatic heterocycles. The van der Waals surface area contributed by atoms with Gasteiger partial charge in [-0.05, 0) is 42.5 Å². The number of carbonyl (C=O) groups is 1. The van der Waals surface area contributed by atoms with Gasteiger partial charge in [-0.15, -0.1) is 0 Å². The Morgan fingerprint density at radius 3 is 2.73 bits per heavy atom. The molecule has 3 aliphatic carbocycles. The van der Waals surface area contributed by atoms with E-state index in [4.69, 9.17) is 0 Å². The van der Waals surface area contributed by atoms with Gasteiger partial charge < -0.3 is 25.4 Å². The highest BCUT2D eigenvalue weighted by Gasteiger charge is 2.75. The van der Waals surface area contributed by atoms with Gasteiger partial charge >= 0.3 is 0 Å². The number of imidazole rings is 1. The number of aliphatic hydroxyl groups excluding tert-OH is 2. The maximum absolute atomic E-state index is 13.7. The van der Waals surface area contributed by atoms with Crippen molar-refractivity contribution < 1.29 is 19.4 Å². The Balaban J connectivity index is 1.28. The van der Waals surface area contributed by atoms with Crippen LogP contribution in [0.15, 0.2) is 60.9 Å². The first-order chi connectivity index (χ1) is 19.4. The lowest BCUT2D eigenvalue weighted by atomic mass is 9.98. The van der Waals surface area contributed by atoms with Crippen LogP contribution in [-0.4, -0.2) is 60.9 Å². The van der Waals surface area contributed by atoms with Gasteiger partial charge in [-0.25, -0.2) is 19.3 Å². The van der Waals surface area contributed by atoms with Crippen LogP contribution in [0, 0.1) is 29.0 Å². The summed E-state index contributed by atoms with van der Waals surface area (Å²) in [6.07, 6.45) is 0.593. The zero-order chi connectivity index (χ0) is 27.6. The van der Waals surface area contributed by atoms with Crippen molar-refractivity contribution in [2.45, 2.75) is 43.1 Å². The SMILES string of the molecule is CNC(=O)C12CC1[C@@H](n1cnc3c(N[C@@H]4CC4c4ccccc4)nc(C#Cc4cccc(F)c4)nc31)[C@H](O)[C@@H]2O. The summed E-state index contributed by atoms with van der Waals surface area (Å²) in [6, 6.07) is 15.8. The quantitative estimate of drug-likeness (QED) is 0.288. The van der Waals surface area contributed by atoms with Gasteiger partial charge in [0.15, 0.2) is 17.0 Å². The van der Waals surface area contributed by atoms with Crippen molar-refractivity contribution in [3.63, 3.8) is 0 Å².